The highest BCUT2D eigenvalue weighted by molar-refractivity contribution is 5.91. The van der Waals surface area contributed by atoms with Gasteiger partial charge in [0.15, 0.2) is 5.58 Å². The number of carbonyl (C=O) groups is 1. The van der Waals surface area contributed by atoms with Crippen molar-refractivity contribution in [1.29, 1.82) is 0 Å². The lowest BCUT2D eigenvalue weighted by molar-refractivity contribution is 0.136. The van der Waals surface area contributed by atoms with Crippen LogP contribution in [0.3, 0.4) is 0 Å². The molecule has 1 aliphatic heterocycles. The van der Waals surface area contributed by atoms with Crippen LogP contribution in [0.1, 0.15) is 17.0 Å². The first-order valence-electron chi connectivity index (χ1n) is 9.81. The molecule has 0 unspecified atom stereocenters. The van der Waals surface area contributed by atoms with Crippen molar-refractivity contribution in [2.75, 3.05) is 38.6 Å². The van der Waals surface area contributed by atoms with Crippen molar-refractivity contribution in [3.8, 4) is 5.75 Å². The number of urea groups is 1. The maximum absolute atomic E-state index is 12.7. The molecule has 4 rings (SSSR count). The van der Waals surface area contributed by atoms with E-state index in [4.69, 9.17) is 9.15 Å². The first-order valence-corrected chi connectivity index (χ1v) is 9.81. The molecule has 0 spiro atoms. The van der Waals surface area contributed by atoms with Crippen LogP contribution in [0.2, 0.25) is 0 Å². The molecule has 29 heavy (non-hydrogen) atoms. The monoisotopic (exact) mass is 394 g/mol. The highest BCUT2D eigenvalue weighted by Crippen LogP contribution is 2.25. The van der Waals surface area contributed by atoms with E-state index < -0.39 is 0 Å². The van der Waals surface area contributed by atoms with E-state index >= 15 is 0 Å². The predicted molar refractivity (Wildman–Crippen MR) is 112 cm³/mol. The fraction of sp³-hybridized carbons (Fsp3) is 0.364. The fourth-order valence-corrected chi connectivity index (χ4v) is 3.57. The Morgan fingerprint density at radius 1 is 1.10 bits per heavy atom. The zero-order valence-electron chi connectivity index (χ0n) is 17.1. The van der Waals surface area contributed by atoms with Crippen molar-refractivity contribution in [3.05, 3.63) is 53.4 Å². The number of nitrogens with one attached hydrogen (secondary N) is 1. The smallest absolute Gasteiger partial charge is 0.322 e. The first-order chi connectivity index (χ1) is 14.0. The van der Waals surface area contributed by atoms with Crippen LogP contribution in [-0.2, 0) is 6.54 Å². The molecule has 152 valence electrons. The van der Waals surface area contributed by atoms with Crippen molar-refractivity contribution >= 4 is 22.8 Å². The molecule has 0 saturated carbocycles. The van der Waals surface area contributed by atoms with Gasteiger partial charge in [-0.2, -0.15) is 0 Å². The number of aromatic nitrogens is 1. The summed E-state index contributed by atoms with van der Waals surface area (Å²) in [5, 5.41) is 2.97. The van der Waals surface area contributed by atoms with Gasteiger partial charge in [0.05, 0.1) is 19.3 Å². The van der Waals surface area contributed by atoms with Crippen LogP contribution < -0.4 is 10.1 Å². The molecule has 0 radical (unpaired) electrons. The summed E-state index contributed by atoms with van der Waals surface area (Å²) in [7, 11) is 1.60. The number of hydrogen-bond donors (Lipinski definition) is 1. The Morgan fingerprint density at radius 3 is 2.59 bits per heavy atom. The molecule has 2 aromatic carbocycles. The second kappa shape index (κ2) is 8.13. The molecule has 1 aromatic heterocycles. The molecule has 2 heterocycles. The normalized spacial score (nSPS) is 14.9. The van der Waals surface area contributed by atoms with Gasteiger partial charge in [-0.3, -0.25) is 4.90 Å². The van der Waals surface area contributed by atoms with Gasteiger partial charge in [-0.25, -0.2) is 9.78 Å². The van der Waals surface area contributed by atoms with Crippen LogP contribution in [0.4, 0.5) is 10.5 Å². The summed E-state index contributed by atoms with van der Waals surface area (Å²) in [4.78, 5) is 21.3. The predicted octanol–water partition coefficient (Wildman–Crippen LogP) is 3.80. The lowest BCUT2D eigenvalue weighted by atomic mass is 10.2. The number of amides is 2. The largest absolute Gasteiger partial charge is 0.495 e. The van der Waals surface area contributed by atoms with E-state index in [1.165, 1.54) is 5.56 Å². The standard InChI is InChI=1S/C22H26N4O3/c1-15-4-6-19(28-3)17(12-15)24-22(27)26-10-8-25(9-11-26)14-21-23-18-13-16(2)5-7-20(18)29-21/h4-7,12-13H,8-11,14H2,1-3H3,(H,24,27). The van der Waals surface area contributed by atoms with Crippen molar-refractivity contribution in [2.45, 2.75) is 20.4 Å². The van der Waals surface area contributed by atoms with Crippen molar-refractivity contribution < 1.29 is 13.9 Å². The van der Waals surface area contributed by atoms with Crippen LogP contribution in [0.15, 0.2) is 40.8 Å². The Balaban J connectivity index is 1.34. The van der Waals surface area contributed by atoms with Gasteiger partial charge in [0, 0.05) is 26.2 Å². The molecular formula is C22H26N4O3. The fourth-order valence-electron chi connectivity index (χ4n) is 3.57. The zero-order valence-corrected chi connectivity index (χ0v) is 17.1. The molecular weight excluding hydrogens is 368 g/mol. The second-order valence-corrected chi connectivity index (χ2v) is 7.48. The summed E-state index contributed by atoms with van der Waals surface area (Å²) in [5.41, 5.74) is 4.64. The van der Waals surface area contributed by atoms with Gasteiger partial charge in [-0.1, -0.05) is 12.1 Å². The van der Waals surface area contributed by atoms with Gasteiger partial charge in [0.2, 0.25) is 5.89 Å². The number of ether oxygens (including phenoxy) is 1. The lowest BCUT2D eigenvalue weighted by Gasteiger charge is -2.34. The summed E-state index contributed by atoms with van der Waals surface area (Å²) in [6.07, 6.45) is 0. The van der Waals surface area contributed by atoms with Crippen molar-refractivity contribution in [1.82, 2.24) is 14.8 Å². The van der Waals surface area contributed by atoms with Crippen LogP contribution in [-0.4, -0.2) is 54.1 Å². The molecule has 1 fully saturated rings. The number of benzene rings is 2. The minimum atomic E-state index is -0.106. The molecule has 7 heteroatoms. The zero-order chi connectivity index (χ0) is 20.4. The highest BCUT2D eigenvalue weighted by atomic mass is 16.5. The van der Waals surface area contributed by atoms with Gasteiger partial charge in [-0.05, 0) is 49.2 Å². The number of piperazine rings is 1. The number of carbonyl (C=O) groups excluding carboxylic acids is 1. The third-order valence-corrected chi connectivity index (χ3v) is 5.20. The average Bonchev–Trinajstić information content (AvgIpc) is 3.10. The minimum absolute atomic E-state index is 0.106. The van der Waals surface area contributed by atoms with E-state index in [0.29, 0.717) is 37.0 Å². The summed E-state index contributed by atoms with van der Waals surface area (Å²) in [5.74, 6) is 1.38. The van der Waals surface area contributed by atoms with E-state index in [1.54, 1.807) is 7.11 Å². The Labute approximate surface area is 170 Å². The summed E-state index contributed by atoms with van der Waals surface area (Å²) in [6, 6.07) is 11.7. The van der Waals surface area contributed by atoms with Gasteiger partial charge in [0.25, 0.3) is 0 Å². The van der Waals surface area contributed by atoms with E-state index in [1.807, 2.05) is 55.1 Å². The Bertz CT molecular complexity index is 1020. The minimum Gasteiger partial charge on any atom is -0.495 e. The SMILES string of the molecule is COc1ccc(C)cc1NC(=O)N1CCN(Cc2nc3cc(C)ccc3o2)CC1. The van der Waals surface area contributed by atoms with Crippen LogP contribution in [0, 0.1) is 13.8 Å². The maximum atomic E-state index is 12.7. The van der Waals surface area contributed by atoms with E-state index in [9.17, 15) is 4.79 Å². The molecule has 2 amide bonds. The number of fused-ring (bicyclic) bond motifs is 1. The molecule has 3 aromatic rings. The average molecular weight is 394 g/mol. The van der Waals surface area contributed by atoms with Crippen LogP contribution in [0.5, 0.6) is 5.75 Å². The maximum Gasteiger partial charge on any atom is 0.322 e. The summed E-state index contributed by atoms with van der Waals surface area (Å²) in [6.45, 7) is 7.53. The van der Waals surface area contributed by atoms with Gasteiger partial charge in [-0.15, -0.1) is 0 Å². The molecule has 1 saturated heterocycles. The van der Waals surface area contributed by atoms with Crippen LogP contribution in [0.25, 0.3) is 11.1 Å². The Morgan fingerprint density at radius 2 is 1.83 bits per heavy atom. The molecule has 0 bridgehead atoms. The topological polar surface area (TPSA) is 70.8 Å². The number of aryl methyl sites for hydroxylation is 2. The Hall–Kier alpha value is -3.06. The molecule has 7 nitrogen and oxygen atoms in total. The van der Waals surface area contributed by atoms with Crippen molar-refractivity contribution in [3.63, 3.8) is 0 Å². The van der Waals surface area contributed by atoms with Gasteiger partial charge in [0.1, 0.15) is 11.3 Å². The number of rotatable bonds is 4. The van der Waals surface area contributed by atoms with Crippen molar-refractivity contribution in [2.24, 2.45) is 0 Å². The van der Waals surface area contributed by atoms with E-state index in [-0.39, 0.29) is 6.03 Å². The first kappa shape index (κ1) is 19.3. The molecule has 0 aliphatic carbocycles. The lowest BCUT2D eigenvalue weighted by Crippen LogP contribution is -2.49. The Kier molecular flexibility index (Phi) is 5.40. The number of nitrogens with zero attached hydrogens (tertiary/aromatic N) is 3. The molecule has 1 aliphatic rings. The summed E-state index contributed by atoms with van der Waals surface area (Å²) >= 11 is 0. The van der Waals surface area contributed by atoms with E-state index in [0.717, 1.165) is 29.8 Å². The van der Waals surface area contributed by atoms with Gasteiger partial charge < -0.3 is 19.4 Å². The van der Waals surface area contributed by atoms with Crippen LogP contribution >= 0.6 is 0 Å². The molecule has 0 atom stereocenters. The quantitative estimate of drug-likeness (QED) is 0.729. The third-order valence-electron chi connectivity index (χ3n) is 5.20. The number of methoxy groups -OCH3 is 1. The number of oxazole rings is 1. The summed E-state index contributed by atoms with van der Waals surface area (Å²) < 4.78 is 11.2. The highest BCUT2D eigenvalue weighted by Gasteiger charge is 2.23. The van der Waals surface area contributed by atoms with Gasteiger partial charge >= 0.3 is 6.03 Å². The number of hydrogen-bond acceptors (Lipinski definition) is 5. The number of anilines is 1. The molecule has 1 N–H and O–H groups in total. The third kappa shape index (κ3) is 4.35. The van der Waals surface area contributed by atoms with E-state index in [2.05, 4.69) is 15.2 Å². The second-order valence-electron chi connectivity index (χ2n) is 7.48.